The van der Waals surface area contributed by atoms with Crippen molar-refractivity contribution in [2.75, 3.05) is 27.4 Å². The van der Waals surface area contributed by atoms with E-state index in [4.69, 9.17) is 15.2 Å². The van der Waals surface area contributed by atoms with Gasteiger partial charge in [0.2, 0.25) is 0 Å². The lowest BCUT2D eigenvalue weighted by molar-refractivity contribution is 0.0538. The van der Waals surface area contributed by atoms with E-state index in [2.05, 4.69) is 261 Å². The van der Waals surface area contributed by atoms with Crippen molar-refractivity contribution >= 4 is 0 Å². The largest absolute Gasteiger partial charge is 0.393 e. The third kappa shape index (κ3) is 132. The molecular formula is C85H190N2O3. The number of ether oxygens (including phenoxy) is 2. The highest BCUT2D eigenvalue weighted by molar-refractivity contribution is 4.67. The van der Waals surface area contributed by atoms with Crippen LogP contribution < -0.4 is 11.1 Å². The van der Waals surface area contributed by atoms with Gasteiger partial charge in [0.05, 0.1) is 12.2 Å². The Labute approximate surface area is 577 Å². The number of rotatable bonds is 38. The number of nitrogens with one attached hydrogen (secondary N) is 1. The molecule has 0 unspecified atom stereocenters. The summed E-state index contributed by atoms with van der Waals surface area (Å²) >= 11 is 0. The first-order valence-electron chi connectivity index (χ1n) is 39.2. The molecule has 5 heteroatoms. The highest BCUT2D eigenvalue weighted by Crippen LogP contribution is 2.24. The molecule has 0 heterocycles. The summed E-state index contributed by atoms with van der Waals surface area (Å²) in [7, 11) is 3.83. The SMILES string of the molecule is CC(C)CCC(C)(C)C.CC(C)CCCC(C)C.CC(C)CCCCC(C)(C)C.CC(C)CCCCCC(C)C.CC(C)CCOCC(C)C.CC(C)CC[C@H](N)C(C)C.CC(C)CC[C@H](O)C(C)C.CN[C@H](C)CCC(C)C.CO[C@@H](CCC(C)C)C(C)C. The minimum absolute atomic E-state index is 0.0950. The van der Waals surface area contributed by atoms with Gasteiger partial charge in [-0.25, -0.2) is 0 Å². The van der Waals surface area contributed by atoms with Gasteiger partial charge in [-0.15, -0.1) is 0 Å². The van der Waals surface area contributed by atoms with Gasteiger partial charge in [-0.1, -0.05) is 326 Å². The Balaban J connectivity index is -0.000000117. The molecular weight excluding hydrogens is 1100 g/mol. The molecule has 0 saturated heterocycles. The zero-order valence-electron chi connectivity index (χ0n) is 71.0. The van der Waals surface area contributed by atoms with Gasteiger partial charge in [-0.3, -0.25) is 0 Å². The first-order chi connectivity index (χ1) is 41.0. The van der Waals surface area contributed by atoms with Gasteiger partial charge in [0, 0.05) is 32.4 Å². The van der Waals surface area contributed by atoms with Crippen molar-refractivity contribution in [2.45, 2.75) is 428 Å². The Morgan fingerprint density at radius 3 is 0.922 bits per heavy atom. The van der Waals surface area contributed by atoms with E-state index in [1.54, 1.807) is 0 Å². The minimum atomic E-state index is -0.0950. The van der Waals surface area contributed by atoms with Crippen LogP contribution in [0, 0.1) is 99.6 Å². The lowest BCUT2D eigenvalue weighted by atomic mass is 9.88. The second kappa shape index (κ2) is 73.1. The number of aliphatic hydroxyl groups excluding tert-OH is 1. The van der Waals surface area contributed by atoms with Crippen molar-refractivity contribution in [3.63, 3.8) is 0 Å². The lowest BCUT2D eigenvalue weighted by Crippen LogP contribution is -2.26. The van der Waals surface area contributed by atoms with E-state index < -0.39 is 0 Å². The fraction of sp³-hybridized carbons (Fsp3) is 1.00. The molecule has 0 aliphatic carbocycles. The van der Waals surface area contributed by atoms with Crippen molar-refractivity contribution in [1.29, 1.82) is 0 Å². The van der Waals surface area contributed by atoms with Crippen molar-refractivity contribution in [3.8, 4) is 0 Å². The van der Waals surface area contributed by atoms with E-state index in [1.165, 1.54) is 135 Å². The molecule has 0 aliphatic rings. The normalized spacial score (nSPS) is 13.1. The number of nitrogens with two attached hydrogens (primary N) is 1. The van der Waals surface area contributed by atoms with Gasteiger partial charge in [-0.2, -0.15) is 0 Å². The molecule has 0 amide bonds. The number of methoxy groups -OCH3 is 1. The molecule has 5 nitrogen and oxygen atoms in total. The zero-order chi connectivity index (χ0) is 72.8. The maximum absolute atomic E-state index is 9.38. The van der Waals surface area contributed by atoms with Gasteiger partial charge in [0.25, 0.3) is 0 Å². The second-order valence-corrected chi connectivity index (χ2v) is 36.3. The molecule has 0 aromatic heterocycles. The summed E-state index contributed by atoms with van der Waals surface area (Å²) in [6.45, 7) is 85.1. The van der Waals surface area contributed by atoms with Crippen LogP contribution in [0.1, 0.15) is 404 Å². The number of hydrogen-bond donors (Lipinski definition) is 3. The van der Waals surface area contributed by atoms with Crippen LogP contribution in [0.2, 0.25) is 0 Å². The molecule has 0 bridgehead atoms. The van der Waals surface area contributed by atoms with Gasteiger partial charge < -0.3 is 25.6 Å². The van der Waals surface area contributed by atoms with E-state index in [1.807, 2.05) is 14.2 Å². The number of aliphatic hydroxyl groups is 1. The average molecular weight is 1290 g/mol. The van der Waals surface area contributed by atoms with Gasteiger partial charge in [-0.05, 0) is 184 Å². The van der Waals surface area contributed by atoms with E-state index in [-0.39, 0.29) is 6.10 Å². The Morgan fingerprint density at radius 2 is 0.644 bits per heavy atom. The Hall–Kier alpha value is -0.200. The van der Waals surface area contributed by atoms with Crippen molar-refractivity contribution in [1.82, 2.24) is 5.32 Å². The zero-order valence-corrected chi connectivity index (χ0v) is 71.0. The summed E-state index contributed by atoms with van der Waals surface area (Å²) in [5.74, 6) is 11.6. The predicted molar refractivity (Wildman–Crippen MR) is 422 cm³/mol. The molecule has 0 radical (unpaired) electrons. The van der Waals surface area contributed by atoms with E-state index in [0.717, 1.165) is 85.2 Å². The number of hydrogen-bond acceptors (Lipinski definition) is 5. The van der Waals surface area contributed by atoms with Crippen molar-refractivity contribution in [3.05, 3.63) is 0 Å². The highest BCUT2D eigenvalue weighted by atomic mass is 16.5. The van der Waals surface area contributed by atoms with E-state index in [9.17, 15) is 5.11 Å². The molecule has 0 aromatic carbocycles. The quantitative estimate of drug-likeness (QED) is 0.0537. The molecule has 0 saturated carbocycles. The van der Waals surface area contributed by atoms with Crippen molar-refractivity contribution < 1.29 is 14.6 Å². The fourth-order valence-corrected chi connectivity index (χ4v) is 8.43. The molecule has 0 aromatic rings. The summed E-state index contributed by atoms with van der Waals surface area (Å²) in [4.78, 5) is 0. The maximum atomic E-state index is 9.38. The topological polar surface area (TPSA) is 76.7 Å². The first kappa shape index (κ1) is 108. The molecule has 558 valence electrons. The molecule has 0 aliphatic heterocycles. The van der Waals surface area contributed by atoms with Crippen LogP contribution in [0.5, 0.6) is 0 Å². The smallest absolute Gasteiger partial charge is 0.0594 e. The van der Waals surface area contributed by atoms with Crippen LogP contribution in [0.3, 0.4) is 0 Å². The fourth-order valence-electron chi connectivity index (χ4n) is 8.43. The highest BCUT2D eigenvalue weighted by Gasteiger charge is 2.14. The minimum Gasteiger partial charge on any atom is -0.393 e. The van der Waals surface area contributed by atoms with E-state index >= 15 is 0 Å². The van der Waals surface area contributed by atoms with Crippen LogP contribution in [-0.4, -0.2) is 56.8 Å². The molecule has 4 atom stereocenters. The number of unbranched alkanes of at least 4 members (excludes halogenated alkanes) is 3. The molecule has 90 heavy (non-hydrogen) atoms. The summed E-state index contributed by atoms with van der Waals surface area (Å²) in [6, 6.07) is 1.09. The Kier molecular flexibility index (Phi) is 88.0. The van der Waals surface area contributed by atoms with Crippen LogP contribution in [0.25, 0.3) is 0 Å². The maximum Gasteiger partial charge on any atom is 0.0594 e. The van der Waals surface area contributed by atoms with Crippen LogP contribution in [0.15, 0.2) is 0 Å². The van der Waals surface area contributed by atoms with Gasteiger partial charge >= 0.3 is 0 Å². The van der Waals surface area contributed by atoms with Gasteiger partial charge in [0.1, 0.15) is 0 Å². The summed E-state index contributed by atoms with van der Waals surface area (Å²) in [5.41, 5.74) is 6.94. The average Bonchev–Trinajstić information content (AvgIpc) is 3.56. The Morgan fingerprint density at radius 1 is 0.322 bits per heavy atom. The van der Waals surface area contributed by atoms with Crippen LogP contribution in [-0.2, 0) is 9.47 Å². The summed E-state index contributed by atoms with van der Waals surface area (Å²) in [5, 5.41) is 12.6. The third-order valence-corrected chi connectivity index (χ3v) is 15.8. The van der Waals surface area contributed by atoms with E-state index in [0.29, 0.717) is 58.6 Å². The van der Waals surface area contributed by atoms with Crippen molar-refractivity contribution in [2.24, 2.45) is 105 Å². The van der Waals surface area contributed by atoms with Gasteiger partial charge in [0.15, 0.2) is 0 Å². The molecule has 0 fully saturated rings. The molecule has 0 spiro atoms. The predicted octanol–water partition coefficient (Wildman–Crippen LogP) is 28.1. The molecule has 4 N–H and O–H groups in total. The summed E-state index contributed by atoms with van der Waals surface area (Å²) < 4.78 is 10.8. The third-order valence-electron chi connectivity index (χ3n) is 15.8. The second-order valence-electron chi connectivity index (χ2n) is 36.3. The first-order valence-corrected chi connectivity index (χ1v) is 39.2. The molecule has 0 rings (SSSR count). The standard InChI is InChI=1S/2C11H24.C10H22O.C9H21N.2C9H20O.2C9H20.C8H19N/c1-10(2)8-6-7-9-11(3,4)5;1-10(2)8-6-5-7-9-11(3)4;1-8(2)6-7-10(11-5)9(3)4;1-7(2)5-6-9(10)8(3)4;1-8(2)5-6-10-7-9(3)4;1-7(2)5-6-9(10)8(3)4;1-8(2)6-7-9(3,4)5;1-8(2)6-5-7-9(3)4;1-7(2)5-6-8(3)9-4/h10H,6-9H2,1-5H3;10-11H,5-9H2,1-4H3;8-10H,6-7H2,1-5H3;7-9H,5-6,10H2,1-4H3;8-9H,5-7H2,1-4H3;7-10H,5-6H2,1-4H3;8H,6-7H2,1-5H3;8-9H,5-7H2,1-4H3;7-9H,5-6H2,1-4H3/t;;10-;9-;;9-;;;8-/m..00.0..1/s1. The van der Waals surface area contributed by atoms with Crippen LogP contribution in [0.4, 0.5) is 0 Å². The van der Waals surface area contributed by atoms with Crippen LogP contribution >= 0.6 is 0 Å². The lowest BCUT2D eigenvalue weighted by Gasteiger charge is -2.19. The Bertz CT molecular complexity index is 1210. The summed E-state index contributed by atoms with van der Waals surface area (Å²) in [6.07, 6.45) is 30.8. The monoisotopic (exact) mass is 1290 g/mol.